The molecule has 3 nitrogen and oxygen atoms in total. The first-order valence-corrected chi connectivity index (χ1v) is 7.72. The Labute approximate surface area is 117 Å². The predicted octanol–water partition coefficient (Wildman–Crippen LogP) is 3.58. The lowest BCUT2D eigenvalue weighted by molar-refractivity contribution is -0.0628. The van der Waals surface area contributed by atoms with Gasteiger partial charge >= 0.3 is 0 Å². The quantitative estimate of drug-likeness (QED) is 0.902. The Morgan fingerprint density at radius 3 is 2.95 bits per heavy atom. The second-order valence-electron chi connectivity index (χ2n) is 6.48. The van der Waals surface area contributed by atoms with Crippen molar-refractivity contribution in [2.45, 2.75) is 71.4 Å². The highest BCUT2D eigenvalue weighted by Crippen LogP contribution is 2.39. The summed E-state index contributed by atoms with van der Waals surface area (Å²) in [6, 6.07) is 2.50. The molecule has 3 heteroatoms. The second kappa shape index (κ2) is 5.66. The minimum Gasteiger partial charge on any atom is -0.389 e. The van der Waals surface area contributed by atoms with Crippen molar-refractivity contribution in [1.82, 2.24) is 9.78 Å². The molecule has 4 unspecified atom stereocenters. The van der Waals surface area contributed by atoms with Crippen molar-refractivity contribution in [3.8, 4) is 0 Å². The van der Waals surface area contributed by atoms with Gasteiger partial charge in [0, 0.05) is 18.7 Å². The van der Waals surface area contributed by atoms with Crippen LogP contribution in [-0.4, -0.2) is 20.5 Å². The molecule has 0 aromatic carbocycles. The summed E-state index contributed by atoms with van der Waals surface area (Å²) >= 11 is 0. The largest absolute Gasteiger partial charge is 0.389 e. The molecule has 1 N–H and O–H groups in total. The molecule has 0 saturated heterocycles. The maximum atomic E-state index is 10.9. The van der Waals surface area contributed by atoms with E-state index in [0.29, 0.717) is 24.3 Å². The lowest BCUT2D eigenvalue weighted by Gasteiger charge is -2.41. The van der Waals surface area contributed by atoms with E-state index in [2.05, 4.69) is 38.9 Å². The Bertz CT molecular complexity index is 415. The molecular formula is C16H28N2O. The van der Waals surface area contributed by atoms with Gasteiger partial charge in [-0.2, -0.15) is 5.10 Å². The predicted molar refractivity (Wildman–Crippen MR) is 78.1 cm³/mol. The van der Waals surface area contributed by atoms with Crippen LogP contribution in [0.2, 0.25) is 0 Å². The summed E-state index contributed by atoms with van der Waals surface area (Å²) in [5.74, 6) is 0.963. The number of rotatable bonds is 4. The molecular weight excluding hydrogens is 236 g/mol. The summed E-state index contributed by atoms with van der Waals surface area (Å²) in [6.45, 7) is 8.79. The third-order valence-electron chi connectivity index (χ3n) is 5.16. The zero-order valence-electron chi connectivity index (χ0n) is 12.8. The van der Waals surface area contributed by atoms with Crippen molar-refractivity contribution in [3.05, 3.63) is 18.0 Å². The maximum Gasteiger partial charge on any atom is 0.0731 e. The molecule has 0 radical (unpaired) electrons. The van der Waals surface area contributed by atoms with Crippen LogP contribution in [0, 0.1) is 11.8 Å². The van der Waals surface area contributed by atoms with Gasteiger partial charge in [0.1, 0.15) is 0 Å². The minimum atomic E-state index is -0.563. The van der Waals surface area contributed by atoms with E-state index in [1.165, 1.54) is 6.42 Å². The van der Waals surface area contributed by atoms with E-state index in [0.717, 1.165) is 25.0 Å². The molecule has 0 bridgehead atoms. The molecule has 19 heavy (non-hydrogen) atoms. The molecule has 0 spiro atoms. The molecule has 4 atom stereocenters. The number of hydrogen-bond acceptors (Lipinski definition) is 2. The second-order valence-corrected chi connectivity index (χ2v) is 6.48. The molecule has 1 saturated carbocycles. The van der Waals surface area contributed by atoms with Crippen LogP contribution in [0.5, 0.6) is 0 Å². The fourth-order valence-corrected chi connectivity index (χ4v) is 3.20. The Balaban J connectivity index is 2.09. The summed E-state index contributed by atoms with van der Waals surface area (Å²) in [6.07, 6.45) is 7.11. The average Bonchev–Trinajstić information content (AvgIpc) is 2.83. The molecule has 1 aliphatic rings. The van der Waals surface area contributed by atoms with Crippen LogP contribution >= 0.6 is 0 Å². The van der Waals surface area contributed by atoms with Gasteiger partial charge < -0.3 is 5.11 Å². The van der Waals surface area contributed by atoms with Crippen molar-refractivity contribution in [1.29, 1.82) is 0 Å². The van der Waals surface area contributed by atoms with Gasteiger partial charge in [-0.05, 0) is 37.7 Å². The van der Waals surface area contributed by atoms with Crippen LogP contribution in [0.4, 0.5) is 0 Å². The van der Waals surface area contributed by atoms with Gasteiger partial charge in [-0.15, -0.1) is 0 Å². The van der Waals surface area contributed by atoms with Crippen molar-refractivity contribution in [2.24, 2.45) is 11.8 Å². The van der Waals surface area contributed by atoms with Crippen molar-refractivity contribution in [2.75, 3.05) is 0 Å². The van der Waals surface area contributed by atoms with Crippen molar-refractivity contribution in [3.63, 3.8) is 0 Å². The molecule has 0 amide bonds. The fraction of sp³-hybridized carbons (Fsp3) is 0.812. The van der Waals surface area contributed by atoms with E-state index in [-0.39, 0.29) is 0 Å². The summed E-state index contributed by atoms with van der Waals surface area (Å²) in [7, 11) is 0. The summed E-state index contributed by atoms with van der Waals surface area (Å²) < 4.78 is 2.02. The van der Waals surface area contributed by atoms with Crippen LogP contribution in [0.1, 0.15) is 65.1 Å². The average molecular weight is 264 g/mol. The number of nitrogens with zero attached hydrogens (tertiary/aromatic N) is 2. The lowest BCUT2D eigenvalue weighted by atomic mass is 9.69. The lowest BCUT2D eigenvalue weighted by Crippen LogP contribution is -2.44. The summed E-state index contributed by atoms with van der Waals surface area (Å²) in [4.78, 5) is 0. The Kier molecular flexibility index (Phi) is 4.34. The van der Waals surface area contributed by atoms with Crippen LogP contribution in [0.3, 0.4) is 0 Å². The van der Waals surface area contributed by atoms with E-state index in [4.69, 9.17) is 0 Å². The van der Waals surface area contributed by atoms with E-state index in [9.17, 15) is 5.11 Å². The Morgan fingerprint density at radius 1 is 1.53 bits per heavy atom. The molecule has 1 aromatic heterocycles. The van der Waals surface area contributed by atoms with Crippen LogP contribution in [-0.2, 0) is 6.42 Å². The van der Waals surface area contributed by atoms with Crippen molar-refractivity contribution >= 4 is 0 Å². The van der Waals surface area contributed by atoms with Crippen molar-refractivity contribution < 1.29 is 5.11 Å². The van der Waals surface area contributed by atoms with Crippen LogP contribution in [0.25, 0.3) is 0 Å². The molecule has 2 rings (SSSR count). The zero-order valence-corrected chi connectivity index (χ0v) is 12.8. The van der Waals surface area contributed by atoms with Gasteiger partial charge in [-0.25, -0.2) is 0 Å². The number of aromatic nitrogens is 2. The van der Waals surface area contributed by atoms with E-state index in [1.54, 1.807) is 0 Å². The zero-order chi connectivity index (χ0) is 14.0. The SMILES string of the molecule is CCC(C)n1ccc(CC2(O)CCCC(C)C2C)n1. The van der Waals surface area contributed by atoms with E-state index < -0.39 is 5.60 Å². The normalized spacial score (nSPS) is 33.3. The number of hydrogen-bond donors (Lipinski definition) is 1. The first-order chi connectivity index (χ1) is 8.96. The summed E-state index contributed by atoms with van der Waals surface area (Å²) in [5, 5.41) is 15.6. The molecule has 108 valence electrons. The smallest absolute Gasteiger partial charge is 0.0731 e. The van der Waals surface area contributed by atoms with Gasteiger partial charge in [0.05, 0.1) is 11.3 Å². The fourth-order valence-electron chi connectivity index (χ4n) is 3.20. The summed E-state index contributed by atoms with van der Waals surface area (Å²) in [5.41, 5.74) is 0.468. The van der Waals surface area contributed by atoms with Gasteiger partial charge in [0.2, 0.25) is 0 Å². The van der Waals surface area contributed by atoms with Crippen LogP contribution < -0.4 is 0 Å². The van der Waals surface area contributed by atoms with Gasteiger partial charge in [-0.1, -0.05) is 33.6 Å². The monoisotopic (exact) mass is 264 g/mol. The molecule has 1 fully saturated rings. The Morgan fingerprint density at radius 2 is 2.26 bits per heavy atom. The number of aliphatic hydroxyl groups is 1. The first-order valence-electron chi connectivity index (χ1n) is 7.72. The van der Waals surface area contributed by atoms with Gasteiger partial charge in [-0.3, -0.25) is 4.68 Å². The molecule has 1 aliphatic carbocycles. The molecule has 1 heterocycles. The standard InChI is InChI=1S/C16H28N2O/c1-5-13(3)18-10-8-15(17-18)11-16(19)9-6-7-12(2)14(16)4/h8,10,12-14,19H,5-7,9,11H2,1-4H3. The highest BCUT2D eigenvalue weighted by molar-refractivity contribution is 5.07. The third-order valence-corrected chi connectivity index (χ3v) is 5.16. The Hall–Kier alpha value is -0.830. The highest BCUT2D eigenvalue weighted by Gasteiger charge is 2.40. The topological polar surface area (TPSA) is 38.0 Å². The highest BCUT2D eigenvalue weighted by atomic mass is 16.3. The minimum absolute atomic E-state index is 0.356. The van der Waals surface area contributed by atoms with E-state index >= 15 is 0 Å². The third kappa shape index (κ3) is 3.02. The first kappa shape index (κ1) is 14.6. The molecule has 0 aliphatic heterocycles. The molecule has 1 aromatic rings. The maximum absolute atomic E-state index is 10.9. The van der Waals surface area contributed by atoms with E-state index in [1.807, 2.05) is 10.9 Å². The van der Waals surface area contributed by atoms with Gasteiger partial charge in [0.15, 0.2) is 0 Å². The van der Waals surface area contributed by atoms with Crippen LogP contribution in [0.15, 0.2) is 12.3 Å². The van der Waals surface area contributed by atoms with Gasteiger partial charge in [0.25, 0.3) is 0 Å².